The van der Waals surface area contributed by atoms with Gasteiger partial charge >= 0.3 is 6.09 Å². The summed E-state index contributed by atoms with van der Waals surface area (Å²) in [5.41, 5.74) is 1.71. The van der Waals surface area contributed by atoms with Crippen molar-refractivity contribution in [2.45, 2.75) is 40.2 Å². The highest BCUT2D eigenvalue weighted by Gasteiger charge is 2.73. The minimum absolute atomic E-state index is 0.145. The van der Waals surface area contributed by atoms with Crippen LogP contribution in [-0.4, -0.2) is 49.6 Å². The van der Waals surface area contributed by atoms with Gasteiger partial charge in [0, 0.05) is 0 Å². The maximum Gasteiger partial charge on any atom is 0.410 e. The molecule has 0 aliphatic carbocycles. The number of rotatable bonds is 4. The quantitative estimate of drug-likeness (QED) is 0.490. The Bertz CT molecular complexity index is 1350. The number of carbonyl (C=O) groups is 1. The third-order valence-corrected chi connectivity index (χ3v) is 9.38. The molecule has 36 heavy (non-hydrogen) atoms. The van der Waals surface area contributed by atoms with Gasteiger partial charge < -0.3 is 14.2 Å². The molecule has 0 unspecified atom stereocenters. The van der Waals surface area contributed by atoms with E-state index in [0.717, 1.165) is 11.1 Å². The van der Waals surface area contributed by atoms with E-state index in [4.69, 9.17) is 14.2 Å². The normalized spacial score (nSPS) is 28.0. The van der Waals surface area contributed by atoms with Gasteiger partial charge in [0.2, 0.25) is 5.79 Å². The largest absolute Gasteiger partial charge is 0.453 e. The minimum atomic E-state index is -4.00. The number of hydrogen-bond donors (Lipinski definition) is 0. The average molecular weight is 504 g/mol. The van der Waals surface area contributed by atoms with E-state index >= 15 is 0 Å². The van der Waals surface area contributed by atoms with Crippen LogP contribution in [0.5, 0.6) is 0 Å². The molecule has 5 atom stereocenters. The Morgan fingerprint density at radius 3 is 1.81 bits per heavy atom. The van der Waals surface area contributed by atoms with Gasteiger partial charge in [0.1, 0.15) is 23.5 Å². The molecule has 3 aliphatic heterocycles. The highest BCUT2D eigenvalue weighted by molar-refractivity contribution is 7.92. The number of benzene rings is 3. The second-order valence-electron chi connectivity index (χ2n) is 9.10. The van der Waals surface area contributed by atoms with E-state index in [2.05, 4.69) is 0 Å². The number of ether oxygens (including phenoxy) is 3. The van der Waals surface area contributed by atoms with Crippen LogP contribution >= 0.6 is 0 Å². The molecule has 3 aliphatic rings. The monoisotopic (exact) mass is 503 g/mol. The Balaban J connectivity index is 1.53. The standard InChI is InChI=1S/C28H25NO6S/c1-33-27(30)29-22-17-18-23(29)28(26(22)36(31,32)21-15-9-4-10-16-21)34-24(19-11-5-2-6-12-19)25(35-28)20-13-7-3-8-14-20/h2-18,22-26H,1H3/t22-,23+,24+,25+,26+/m0/s1. The van der Waals surface area contributed by atoms with Crippen LogP contribution in [0.1, 0.15) is 23.3 Å². The maximum absolute atomic E-state index is 14.2. The molecule has 3 heterocycles. The molecule has 7 nitrogen and oxygen atoms in total. The Morgan fingerprint density at radius 1 is 0.806 bits per heavy atom. The number of sulfone groups is 1. The van der Waals surface area contributed by atoms with Crippen molar-refractivity contribution in [3.8, 4) is 0 Å². The lowest BCUT2D eigenvalue weighted by Crippen LogP contribution is -2.54. The number of hydrogen-bond acceptors (Lipinski definition) is 6. The summed E-state index contributed by atoms with van der Waals surface area (Å²) in [6.45, 7) is 0. The summed E-state index contributed by atoms with van der Waals surface area (Å²) >= 11 is 0. The van der Waals surface area contributed by atoms with Crippen molar-refractivity contribution < 1.29 is 27.4 Å². The van der Waals surface area contributed by atoms with Crippen LogP contribution in [0.4, 0.5) is 4.79 Å². The molecule has 0 aromatic heterocycles. The summed E-state index contributed by atoms with van der Waals surface area (Å²) in [7, 11) is -2.72. The number of nitrogens with zero attached hydrogens (tertiary/aromatic N) is 1. The Morgan fingerprint density at radius 2 is 1.31 bits per heavy atom. The zero-order valence-corrected chi connectivity index (χ0v) is 20.3. The molecule has 3 aromatic rings. The van der Waals surface area contributed by atoms with Gasteiger partial charge in [-0.1, -0.05) is 91.0 Å². The molecule has 1 amide bonds. The van der Waals surface area contributed by atoms with Gasteiger partial charge in [-0.15, -0.1) is 0 Å². The molecule has 1 spiro atoms. The van der Waals surface area contributed by atoms with Gasteiger partial charge in [-0.3, -0.25) is 4.90 Å². The van der Waals surface area contributed by atoms with E-state index < -0.39 is 51.3 Å². The molecule has 0 saturated carbocycles. The van der Waals surface area contributed by atoms with Crippen molar-refractivity contribution in [1.82, 2.24) is 4.90 Å². The second kappa shape index (κ2) is 8.58. The van der Waals surface area contributed by atoms with Crippen LogP contribution in [0.15, 0.2) is 108 Å². The van der Waals surface area contributed by atoms with Crippen LogP contribution in [0, 0.1) is 0 Å². The molecule has 0 radical (unpaired) electrons. The van der Waals surface area contributed by atoms with E-state index in [1.165, 1.54) is 12.0 Å². The van der Waals surface area contributed by atoms with E-state index in [1.807, 2.05) is 60.7 Å². The third kappa shape index (κ3) is 3.32. The summed E-state index contributed by atoms with van der Waals surface area (Å²) in [6, 6.07) is 25.8. The van der Waals surface area contributed by atoms with Gasteiger partial charge in [0.05, 0.1) is 18.0 Å². The third-order valence-electron chi connectivity index (χ3n) is 7.18. The molecule has 6 rings (SSSR count). The molecule has 0 N–H and O–H groups in total. The fourth-order valence-electron chi connectivity index (χ4n) is 5.66. The van der Waals surface area contributed by atoms with E-state index in [-0.39, 0.29) is 4.90 Å². The zero-order valence-electron chi connectivity index (χ0n) is 19.5. The van der Waals surface area contributed by atoms with E-state index in [1.54, 1.807) is 42.5 Å². The van der Waals surface area contributed by atoms with Crippen molar-refractivity contribution >= 4 is 15.9 Å². The molecule has 184 valence electrons. The van der Waals surface area contributed by atoms with Gasteiger partial charge in [0.15, 0.2) is 9.84 Å². The number of amides is 1. The fourth-order valence-corrected chi connectivity index (χ4v) is 7.76. The number of methoxy groups -OCH3 is 1. The lowest BCUT2D eigenvalue weighted by atomic mass is 9.99. The first kappa shape index (κ1) is 23.0. The Kier molecular flexibility index (Phi) is 5.48. The van der Waals surface area contributed by atoms with Gasteiger partial charge in [0.25, 0.3) is 0 Å². The van der Waals surface area contributed by atoms with Crippen LogP contribution in [-0.2, 0) is 24.0 Å². The molecule has 8 heteroatoms. The zero-order chi connectivity index (χ0) is 24.9. The first-order valence-electron chi connectivity index (χ1n) is 11.8. The van der Waals surface area contributed by atoms with Gasteiger partial charge in [-0.05, 0) is 23.3 Å². The Hall–Kier alpha value is -3.46. The topological polar surface area (TPSA) is 82.1 Å². The molecular formula is C28H25NO6S. The minimum Gasteiger partial charge on any atom is -0.453 e. The van der Waals surface area contributed by atoms with E-state index in [0.29, 0.717) is 0 Å². The first-order valence-corrected chi connectivity index (χ1v) is 13.3. The molecular weight excluding hydrogens is 478 g/mol. The lowest BCUT2D eigenvalue weighted by molar-refractivity contribution is -0.178. The van der Waals surface area contributed by atoms with Crippen molar-refractivity contribution in [3.63, 3.8) is 0 Å². The van der Waals surface area contributed by atoms with Crippen LogP contribution in [0.25, 0.3) is 0 Å². The first-order chi connectivity index (χ1) is 17.5. The smallest absolute Gasteiger partial charge is 0.410 e. The summed E-state index contributed by atoms with van der Waals surface area (Å²) in [4.78, 5) is 14.4. The van der Waals surface area contributed by atoms with Crippen LogP contribution < -0.4 is 0 Å². The number of carbonyl (C=O) groups excluding carboxylic acids is 1. The summed E-state index contributed by atoms with van der Waals surface area (Å²) in [5.74, 6) is -1.64. The highest BCUT2D eigenvalue weighted by Crippen LogP contribution is 2.58. The summed E-state index contributed by atoms with van der Waals surface area (Å²) in [5, 5.41) is -1.19. The predicted molar refractivity (Wildman–Crippen MR) is 132 cm³/mol. The van der Waals surface area contributed by atoms with Crippen molar-refractivity contribution in [2.75, 3.05) is 7.11 Å². The lowest BCUT2D eigenvalue weighted by Gasteiger charge is -2.35. The molecule has 2 saturated heterocycles. The maximum atomic E-state index is 14.2. The summed E-state index contributed by atoms with van der Waals surface area (Å²) in [6.07, 6.45) is 1.71. The predicted octanol–water partition coefficient (Wildman–Crippen LogP) is 4.44. The van der Waals surface area contributed by atoms with Crippen molar-refractivity contribution in [2.24, 2.45) is 0 Å². The molecule has 2 bridgehead atoms. The Labute approximate surface area is 209 Å². The second-order valence-corrected chi connectivity index (χ2v) is 11.2. The SMILES string of the molecule is COC(=O)N1[C@H]2C=C[C@@H]1C1(O[C@H](c3ccccc3)[C@@H](c3ccccc3)O1)[C@@H]2S(=O)(=O)c1ccccc1. The van der Waals surface area contributed by atoms with Crippen LogP contribution in [0.2, 0.25) is 0 Å². The van der Waals surface area contributed by atoms with Gasteiger partial charge in [-0.2, -0.15) is 0 Å². The average Bonchev–Trinajstić information content (AvgIpc) is 3.60. The summed E-state index contributed by atoms with van der Waals surface area (Å²) < 4.78 is 46.8. The molecule has 3 aromatic carbocycles. The molecule has 2 fully saturated rings. The van der Waals surface area contributed by atoms with Crippen molar-refractivity contribution in [3.05, 3.63) is 114 Å². The highest BCUT2D eigenvalue weighted by atomic mass is 32.2. The van der Waals surface area contributed by atoms with E-state index in [9.17, 15) is 13.2 Å². The fraction of sp³-hybridized carbons (Fsp3) is 0.250. The number of fused-ring (bicyclic) bond motifs is 3. The van der Waals surface area contributed by atoms with Crippen LogP contribution in [0.3, 0.4) is 0 Å². The van der Waals surface area contributed by atoms with Crippen molar-refractivity contribution in [1.29, 1.82) is 0 Å². The van der Waals surface area contributed by atoms with Gasteiger partial charge in [-0.25, -0.2) is 13.2 Å².